The summed E-state index contributed by atoms with van der Waals surface area (Å²) in [5.41, 5.74) is 0.578. The zero-order valence-corrected chi connectivity index (χ0v) is 12.0. The number of ketones is 1. The van der Waals surface area contributed by atoms with Crippen molar-refractivity contribution in [2.24, 2.45) is 0 Å². The highest BCUT2D eigenvalue weighted by Crippen LogP contribution is 2.38. The zero-order valence-electron chi connectivity index (χ0n) is 12.0. The number of carboxylic acid groups (broad SMARTS) is 1. The fourth-order valence-electron chi connectivity index (χ4n) is 2.44. The molecule has 0 saturated heterocycles. The number of methoxy groups -OCH3 is 1. The fourth-order valence-corrected chi connectivity index (χ4v) is 2.44. The van der Waals surface area contributed by atoms with Crippen molar-refractivity contribution in [3.63, 3.8) is 0 Å². The van der Waals surface area contributed by atoms with Crippen LogP contribution in [-0.2, 0) is 11.2 Å². The minimum absolute atomic E-state index is 0.0347. The summed E-state index contributed by atoms with van der Waals surface area (Å²) in [6, 6.07) is 3.03. The van der Waals surface area contributed by atoms with Gasteiger partial charge in [-0.2, -0.15) is 0 Å². The monoisotopic (exact) mass is 292 g/mol. The molecule has 112 valence electrons. The second-order valence-electron chi connectivity index (χ2n) is 5.04. The first kappa shape index (κ1) is 15.4. The Labute approximate surface area is 122 Å². The van der Waals surface area contributed by atoms with Crippen LogP contribution < -0.4 is 9.39 Å². The molecule has 0 bridgehead atoms. The number of fused-ring (bicyclic) bond motifs is 1. The summed E-state index contributed by atoms with van der Waals surface area (Å²) in [6.45, 7) is 1.76. The third-order valence-electron chi connectivity index (χ3n) is 3.61. The van der Waals surface area contributed by atoms with Gasteiger partial charge in [0.05, 0.1) is 7.11 Å². The van der Waals surface area contributed by atoms with Gasteiger partial charge in [-0.15, -0.1) is 0 Å². The van der Waals surface area contributed by atoms with E-state index in [9.17, 15) is 19.7 Å². The molecular weight excluding hydrogens is 275 g/mol. The van der Waals surface area contributed by atoms with Crippen LogP contribution >= 0.6 is 0 Å². The standard InChI is InChI=1S/C14H17BO6/c1-3-10(16)6-9-4-8-5-11(20-2)7-12(14(17)18)13(8)21-15(9)19/h5,7,9,19H,3-4,6H2,1-2H3,(H,17,18)/t9-/m1/s1. The number of rotatable bonds is 5. The maximum atomic E-state index is 11.6. The second kappa shape index (κ2) is 6.18. The van der Waals surface area contributed by atoms with Crippen LogP contribution in [0.15, 0.2) is 12.1 Å². The highest BCUT2D eigenvalue weighted by Gasteiger charge is 2.37. The lowest BCUT2D eigenvalue weighted by molar-refractivity contribution is -0.118. The van der Waals surface area contributed by atoms with Crippen molar-refractivity contribution in [2.45, 2.75) is 32.0 Å². The molecule has 2 N–H and O–H groups in total. The van der Waals surface area contributed by atoms with Crippen LogP contribution in [0.25, 0.3) is 0 Å². The van der Waals surface area contributed by atoms with E-state index in [0.29, 0.717) is 24.2 Å². The predicted molar refractivity (Wildman–Crippen MR) is 75.9 cm³/mol. The van der Waals surface area contributed by atoms with Gasteiger partial charge in [0.2, 0.25) is 0 Å². The van der Waals surface area contributed by atoms with Gasteiger partial charge in [-0.05, 0) is 24.1 Å². The Morgan fingerprint density at radius 2 is 2.19 bits per heavy atom. The first-order valence-electron chi connectivity index (χ1n) is 6.76. The third kappa shape index (κ3) is 3.18. The van der Waals surface area contributed by atoms with Crippen molar-refractivity contribution in [1.29, 1.82) is 0 Å². The summed E-state index contributed by atoms with van der Waals surface area (Å²) in [4.78, 5) is 22.8. The number of Topliss-reactive ketones (excluding diaryl/α,β-unsaturated/α-hetero) is 1. The van der Waals surface area contributed by atoms with E-state index >= 15 is 0 Å². The molecule has 6 nitrogen and oxygen atoms in total. The average molecular weight is 292 g/mol. The summed E-state index contributed by atoms with van der Waals surface area (Å²) in [7, 11) is 0.267. The van der Waals surface area contributed by atoms with Crippen LogP contribution in [0.3, 0.4) is 0 Å². The van der Waals surface area contributed by atoms with Gasteiger partial charge in [0.15, 0.2) is 0 Å². The molecule has 1 aliphatic rings. The molecule has 0 aromatic heterocycles. The lowest BCUT2D eigenvalue weighted by Gasteiger charge is -2.28. The number of ether oxygens (including phenoxy) is 1. The van der Waals surface area contributed by atoms with E-state index in [1.54, 1.807) is 13.0 Å². The molecule has 0 fully saturated rings. The molecule has 1 aliphatic heterocycles. The van der Waals surface area contributed by atoms with Crippen molar-refractivity contribution in [1.82, 2.24) is 0 Å². The molecule has 1 heterocycles. The molecule has 0 amide bonds. The predicted octanol–water partition coefficient (Wildman–Crippen LogP) is 1.55. The molecule has 0 unspecified atom stereocenters. The summed E-state index contributed by atoms with van der Waals surface area (Å²) in [6.07, 6.45) is 0.977. The topological polar surface area (TPSA) is 93.1 Å². The van der Waals surface area contributed by atoms with E-state index < -0.39 is 13.1 Å². The van der Waals surface area contributed by atoms with Gasteiger partial charge in [-0.3, -0.25) is 4.79 Å². The van der Waals surface area contributed by atoms with E-state index in [-0.39, 0.29) is 29.3 Å². The first-order valence-corrected chi connectivity index (χ1v) is 6.76. The number of hydrogen-bond donors (Lipinski definition) is 2. The molecule has 2 rings (SSSR count). The van der Waals surface area contributed by atoms with Crippen LogP contribution in [0, 0.1) is 0 Å². The summed E-state index contributed by atoms with van der Waals surface area (Å²) < 4.78 is 10.4. The van der Waals surface area contributed by atoms with E-state index in [1.807, 2.05) is 0 Å². The molecule has 0 aliphatic carbocycles. The molecule has 1 atom stereocenters. The number of carbonyl (C=O) groups is 2. The number of carboxylic acids is 1. The second-order valence-corrected chi connectivity index (χ2v) is 5.04. The normalized spacial score (nSPS) is 16.9. The average Bonchev–Trinajstić information content (AvgIpc) is 2.46. The van der Waals surface area contributed by atoms with E-state index in [2.05, 4.69) is 0 Å². The quantitative estimate of drug-likeness (QED) is 0.800. The van der Waals surface area contributed by atoms with Crippen molar-refractivity contribution in [3.05, 3.63) is 23.3 Å². The Bertz CT molecular complexity index is 571. The van der Waals surface area contributed by atoms with E-state index in [1.165, 1.54) is 13.2 Å². The highest BCUT2D eigenvalue weighted by atomic mass is 16.5. The maximum absolute atomic E-state index is 11.6. The van der Waals surface area contributed by atoms with Crippen molar-refractivity contribution >= 4 is 18.9 Å². The molecule has 0 saturated carbocycles. The molecular formula is C14H17BO6. The lowest BCUT2D eigenvalue weighted by atomic mass is 9.64. The highest BCUT2D eigenvalue weighted by molar-refractivity contribution is 6.47. The van der Waals surface area contributed by atoms with Crippen LogP contribution in [0.4, 0.5) is 0 Å². The van der Waals surface area contributed by atoms with Gasteiger partial charge in [0, 0.05) is 18.7 Å². The minimum atomic E-state index is -1.18. The van der Waals surface area contributed by atoms with Gasteiger partial charge in [0.25, 0.3) is 0 Å². The minimum Gasteiger partial charge on any atom is -0.535 e. The van der Waals surface area contributed by atoms with Crippen LogP contribution in [0.2, 0.25) is 5.82 Å². The molecule has 1 aromatic carbocycles. The van der Waals surface area contributed by atoms with Gasteiger partial charge in [0.1, 0.15) is 22.8 Å². The smallest absolute Gasteiger partial charge is 0.526 e. The van der Waals surface area contributed by atoms with Crippen LogP contribution in [0.5, 0.6) is 11.5 Å². The van der Waals surface area contributed by atoms with Gasteiger partial charge >= 0.3 is 13.1 Å². The van der Waals surface area contributed by atoms with Crippen molar-refractivity contribution in [2.75, 3.05) is 7.11 Å². The van der Waals surface area contributed by atoms with Crippen molar-refractivity contribution in [3.8, 4) is 11.5 Å². The molecule has 7 heteroatoms. The van der Waals surface area contributed by atoms with Gasteiger partial charge in [-0.25, -0.2) is 4.79 Å². The number of carbonyl (C=O) groups excluding carboxylic acids is 1. The Morgan fingerprint density at radius 3 is 2.76 bits per heavy atom. The molecule has 0 radical (unpaired) electrons. The first-order chi connectivity index (χ1) is 9.96. The molecule has 0 spiro atoms. The third-order valence-corrected chi connectivity index (χ3v) is 3.61. The Kier molecular flexibility index (Phi) is 4.52. The Morgan fingerprint density at radius 1 is 1.48 bits per heavy atom. The number of hydrogen-bond acceptors (Lipinski definition) is 5. The molecule has 1 aromatic rings. The summed E-state index contributed by atoms with van der Waals surface area (Å²) in [5, 5.41) is 19.2. The Hall–Kier alpha value is -2.02. The summed E-state index contributed by atoms with van der Waals surface area (Å²) in [5.74, 6) is -0.936. The zero-order chi connectivity index (χ0) is 15.6. The molecule has 21 heavy (non-hydrogen) atoms. The number of aromatic carboxylic acids is 1. The van der Waals surface area contributed by atoms with Crippen molar-refractivity contribution < 1.29 is 29.1 Å². The van der Waals surface area contributed by atoms with E-state index in [0.717, 1.165) is 0 Å². The van der Waals surface area contributed by atoms with E-state index in [4.69, 9.17) is 9.39 Å². The SMILES string of the molecule is CCC(=O)C[C@H]1Cc2cc(OC)cc(C(=O)O)c2OB1O. The Balaban J connectivity index is 2.36. The van der Waals surface area contributed by atoms with Gasteiger partial charge in [-0.1, -0.05) is 6.92 Å². The summed E-state index contributed by atoms with van der Waals surface area (Å²) >= 11 is 0. The fraction of sp³-hybridized carbons (Fsp3) is 0.429. The lowest BCUT2D eigenvalue weighted by Crippen LogP contribution is -2.35. The van der Waals surface area contributed by atoms with Crippen LogP contribution in [-0.4, -0.2) is 36.1 Å². The maximum Gasteiger partial charge on any atom is 0.526 e. The van der Waals surface area contributed by atoms with Crippen LogP contribution in [0.1, 0.15) is 35.7 Å². The largest absolute Gasteiger partial charge is 0.535 e. The number of benzene rings is 1. The van der Waals surface area contributed by atoms with Gasteiger partial charge < -0.3 is 19.5 Å².